The highest BCUT2D eigenvalue weighted by Gasteiger charge is 2.40. The third kappa shape index (κ3) is 2.73. The molecular weight excluding hydrogens is 210 g/mol. The summed E-state index contributed by atoms with van der Waals surface area (Å²) < 4.78 is 0. The van der Waals surface area contributed by atoms with E-state index in [0.717, 1.165) is 37.5 Å². The molecule has 0 aromatic heterocycles. The van der Waals surface area contributed by atoms with Crippen molar-refractivity contribution in [3.63, 3.8) is 0 Å². The Kier molecular flexibility index (Phi) is 3.63. The summed E-state index contributed by atoms with van der Waals surface area (Å²) in [5.74, 6) is 2.11. The molecule has 0 aromatic carbocycles. The summed E-state index contributed by atoms with van der Waals surface area (Å²) in [7, 11) is 0. The summed E-state index contributed by atoms with van der Waals surface area (Å²) in [5.41, 5.74) is 0.290. The molecule has 1 aliphatic carbocycles. The molecule has 2 heteroatoms. The van der Waals surface area contributed by atoms with E-state index in [1.54, 1.807) is 0 Å². The van der Waals surface area contributed by atoms with E-state index >= 15 is 0 Å². The number of nitrogens with zero attached hydrogens (tertiary/aromatic N) is 1. The number of hydrogen-bond acceptors (Lipinski definition) is 2. The van der Waals surface area contributed by atoms with Crippen LogP contribution in [0.4, 0.5) is 0 Å². The molecule has 1 aliphatic heterocycles. The molecule has 98 valence electrons. The van der Waals surface area contributed by atoms with Crippen LogP contribution in [0, 0.1) is 11.8 Å². The lowest BCUT2D eigenvalue weighted by molar-refractivity contribution is -0.121. The standard InChI is InChI=1S/C15H27NO/c1-11-14(9-10-16(11)15(2,3)4)12-5-7-13(17)8-6-12/h11-12,14H,5-10H2,1-4H3/t11-,14+/m0/s1. The van der Waals surface area contributed by atoms with Gasteiger partial charge >= 0.3 is 0 Å². The van der Waals surface area contributed by atoms with Crippen LogP contribution in [0.1, 0.15) is 59.8 Å². The lowest BCUT2D eigenvalue weighted by Crippen LogP contribution is -2.45. The smallest absolute Gasteiger partial charge is 0.132 e. The summed E-state index contributed by atoms with van der Waals surface area (Å²) in [5, 5.41) is 0. The molecule has 17 heavy (non-hydrogen) atoms. The number of carbonyl (C=O) groups excluding carboxylic acids is 1. The molecule has 1 heterocycles. The van der Waals surface area contributed by atoms with Crippen molar-refractivity contribution in [2.24, 2.45) is 11.8 Å². The topological polar surface area (TPSA) is 20.3 Å². The van der Waals surface area contributed by atoms with E-state index in [2.05, 4.69) is 32.6 Å². The van der Waals surface area contributed by atoms with Gasteiger partial charge < -0.3 is 0 Å². The lowest BCUT2D eigenvalue weighted by Gasteiger charge is -2.38. The van der Waals surface area contributed by atoms with E-state index in [1.807, 2.05) is 0 Å². The van der Waals surface area contributed by atoms with Crippen LogP contribution in [0.5, 0.6) is 0 Å². The van der Waals surface area contributed by atoms with Gasteiger partial charge in [0.15, 0.2) is 0 Å². The summed E-state index contributed by atoms with van der Waals surface area (Å²) in [6.07, 6.45) is 5.29. The van der Waals surface area contributed by atoms with Gasteiger partial charge in [-0.15, -0.1) is 0 Å². The highest BCUT2D eigenvalue weighted by molar-refractivity contribution is 5.79. The molecule has 0 spiro atoms. The Bertz CT molecular complexity index is 282. The van der Waals surface area contributed by atoms with Crippen molar-refractivity contribution in [1.29, 1.82) is 0 Å². The molecule has 0 unspecified atom stereocenters. The van der Waals surface area contributed by atoms with Crippen molar-refractivity contribution in [3.8, 4) is 0 Å². The van der Waals surface area contributed by atoms with Gasteiger partial charge in [-0.3, -0.25) is 9.69 Å². The average Bonchev–Trinajstić information content (AvgIpc) is 2.61. The highest BCUT2D eigenvalue weighted by Crippen LogP contribution is 2.40. The maximum atomic E-state index is 11.3. The molecule has 2 rings (SSSR count). The van der Waals surface area contributed by atoms with Crippen molar-refractivity contribution < 1.29 is 4.79 Å². The third-order valence-electron chi connectivity index (χ3n) is 4.87. The van der Waals surface area contributed by atoms with Crippen molar-refractivity contribution in [3.05, 3.63) is 0 Å². The normalized spacial score (nSPS) is 33.3. The van der Waals surface area contributed by atoms with Crippen molar-refractivity contribution in [2.45, 2.75) is 71.4 Å². The summed E-state index contributed by atoms with van der Waals surface area (Å²) in [4.78, 5) is 14.0. The lowest BCUT2D eigenvalue weighted by atomic mass is 9.76. The first kappa shape index (κ1) is 13.1. The van der Waals surface area contributed by atoms with Crippen molar-refractivity contribution in [2.75, 3.05) is 6.54 Å². The molecule has 0 amide bonds. The second-order valence-corrected chi connectivity index (χ2v) is 6.93. The Morgan fingerprint density at radius 2 is 1.71 bits per heavy atom. The van der Waals surface area contributed by atoms with Gasteiger partial charge in [0.1, 0.15) is 5.78 Å². The Morgan fingerprint density at radius 1 is 1.12 bits per heavy atom. The predicted molar refractivity (Wildman–Crippen MR) is 71.0 cm³/mol. The van der Waals surface area contributed by atoms with Crippen molar-refractivity contribution in [1.82, 2.24) is 4.90 Å². The average molecular weight is 237 g/mol. The van der Waals surface area contributed by atoms with Gasteiger partial charge in [-0.25, -0.2) is 0 Å². The molecule has 2 fully saturated rings. The van der Waals surface area contributed by atoms with Crippen LogP contribution in [0.15, 0.2) is 0 Å². The quantitative estimate of drug-likeness (QED) is 0.697. The zero-order valence-electron chi connectivity index (χ0n) is 11.8. The van der Waals surface area contributed by atoms with Gasteiger partial charge in [0, 0.05) is 24.4 Å². The molecule has 2 atom stereocenters. The number of rotatable bonds is 1. The Labute approximate surface area is 106 Å². The fourth-order valence-corrected chi connectivity index (χ4v) is 3.93. The maximum Gasteiger partial charge on any atom is 0.132 e. The zero-order chi connectivity index (χ0) is 12.6. The summed E-state index contributed by atoms with van der Waals surface area (Å²) >= 11 is 0. The van der Waals surface area contributed by atoms with Crippen LogP contribution in [0.25, 0.3) is 0 Å². The number of ketones is 1. The minimum atomic E-state index is 0.290. The molecule has 0 aromatic rings. The third-order valence-corrected chi connectivity index (χ3v) is 4.87. The Hall–Kier alpha value is -0.370. The van der Waals surface area contributed by atoms with E-state index in [4.69, 9.17) is 0 Å². The van der Waals surface area contributed by atoms with Gasteiger partial charge in [0.05, 0.1) is 0 Å². The second-order valence-electron chi connectivity index (χ2n) is 6.93. The van der Waals surface area contributed by atoms with Gasteiger partial charge in [-0.05, 0) is 65.3 Å². The highest BCUT2D eigenvalue weighted by atomic mass is 16.1. The molecule has 2 aliphatic rings. The SMILES string of the molecule is C[C@H]1[C@H](C2CCC(=O)CC2)CCN1C(C)(C)C. The molecule has 0 bridgehead atoms. The fourth-order valence-electron chi connectivity index (χ4n) is 3.93. The minimum Gasteiger partial charge on any atom is -0.300 e. The molecule has 0 N–H and O–H groups in total. The second kappa shape index (κ2) is 4.72. The van der Waals surface area contributed by atoms with Crippen LogP contribution in [-0.4, -0.2) is 28.8 Å². The molecule has 1 saturated carbocycles. The maximum absolute atomic E-state index is 11.3. The number of likely N-dealkylation sites (tertiary alicyclic amines) is 1. The van der Waals surface area contributed by atoms with E-state index in [0.29, 0.717) is 17.4 Å². The first-order chi connectivity index (χ1) is 7.89. The Morgan fingerprint density at radius 3 is 2.18 bits per heavy atom. The van der Waals surface area contributed by atoms with E-state index in [9.17, 15) is 4.79 Å². The molecule has 1 saturated heterocycles. The predicted octanol–water partition coefficient (Wildman–Crippen LogP) is 3.25. The van der Waals surface area contributed by atoms with Gasteiger partial charge in [0.25, 0.3) is 0 Å². The molecule has 0 radical (unpaired) electrons. The van der Waals surface area contributed by atoms with Crippen LogP contribution in [0.3, 0.4) is 0 Å². The first-order valence-corrected chi connectivity index (χ1v) is 7.18. The van der Waals surface area contributed by atoms with Crippen LogP contribution < -0.4 is 0 Å². The number of Topliss-reactive ketones (excluding diaryl/α,β-unsaturated/α-hetero) is 1. The van der Waals surface area contributed by atoms with Crippen LogP contribution in [0.2, 0.25) is 0 Å². The zero-order valence-corrected chi connectivity index (χ0v) is 11.8. The van der Waals surface area contributed by atoms with Gasteiger partial charge in [0.2, 0.25) is 0 Å². The van der Waals surface area contributed by atoms with E-state index in [-0.39, 0.29) is 0 Å². The number of hydrogen-bond donors (Lipinski definition) is 0. The monoisotopic (exact) mass is 237 g/mol. The fraction of sp³-hybridized carbons (Fsp3) is 0.933. The summed E-state index contributed by atoms with van der Waals surface area (Å²) in [6.45, 7) is 10.6. The molecular formula is C15H27NO. The first-order valence-electron chi connectivity index (χ1n) is 7.18. The van der Waals surface area contributed by atoms with Gasteiger partial charge in [-0.2, -0.15) is 0 Å². The van der Waals surface area contributed by atoms with Crippen LogP contribution >= 0.6 is 0 Å². The van der Waals surface area contributed by atoms with Crippen molar-refractivity contribution >= 4 is 5.78 Å². The van der Waals surface area contributed by atoms with E-state index < -0.39 is 0 Å². The Balaban J connectivity index is 1.98. The van der Waals surface area contributed by atoms with E-state index in [1.165, 1.54) is 13.0 Å². The number of carbonyl (C=O) groups is 1. The van der Waals surface area contributed by atoms with Crippen LogP contribution in [-0.2, 0) is 4.79 Å². The largest absolute Gasteiger partial charge is 0.300 e. The summed E-state index contributed by atoms with van der Waals surface area (Å²) in [6, 6.07) is 0.688. The minimum absolute atomic E-state index is 0.290. The van der Waals surface area contributed by atoms with Gasteiger partial charge in [-0.1, -0.05) is 0 Å². The molecule has 2 nitrogen and oxygen atoms in total.